The Balaban J connectivity index is 1.67. The summed E-state index contributed by atoms with van der Waals surface area (Å²) in [5.41, 5.74) is 0. The number of likely N-dealkylation sites (tertiary alicyclic amines) is 1. The molecule has 1 aliphatic heterocycles. The van der Waals surface area contributed by atoms with E-state index in [1.807, 2.05) is 4.90 Å². The minimum atomic E-state index is -0.121. The molecule has 1 saturated heterocycles. The molecule has 0 bridgehead atoms. The molecule has 0 aromatic heterocycles. The Bertz CT molecular complexity index is 298. The number of carbonyl (C=O) groups excluding carboxylic acids is 2. The zero-order chi connectivity index (χ0) is 13.0. The van der Waals surface area contributed by atoms with Gasteiger partial charge in [0.2, 0.25) is 0 Å². The van der Waals surface area contributed by atoms with E-state index in [1.165, 1.54) is 0 Å². The summed E-state index contributed by atoms with van der Waals surface area (Å²) in [6.45, 7) is 4.01. The lowest BCUT2D eigenvalue weighted by atomic mass is 9.89. The van der Waals surface area contributed by atoms with E-state index < -0.39 is 0 Å². The zero-order valence-corrected chi connectivity index (χ0v) is 11.2. The summed E-state index contributed by atoms with van der Waals surface area (Å²) in [5, 5.41) is 0. The van der Waals surface area contributed by atoms with Crippen molar-refractivity contribution in [2.24, 2.45) is 5.92 Å². The molecule has 2 aliphatic rings. The molecule has 0 amide bonds. The van der Waals surface area contributed by atoms with E-state index in [4.69, 9.17) is 4.74 Å². The standard InChI is InChI=1S/C14H23NO3/c1-11-2-4-13(5-3-11)18-14(17)10-15-8-6-12(16)7-9-15/h11,13H,2-10H2,1H3. The number of rotatable bonds is 3. The summed E-state index contributed by atoms with van der Waals surface area (Å²) in [7, 11) is 0. The number of piperidine rings is 1. The fourth-order valence-electron chi connectivity index (χ4n) is 2.71. The Morgan fingerprint density at radius 3 is 2.44 bits per heavy atom. The molecule has 4 heteroatoms. The van der Waals surface area contributed by atoms with Gasteiger partial charge >= 0.3 is 5.97 Å². The molecular weight excluding hydrogens is 230 g/mol. The highest BCUT2D eigenvalue weighted by Crippen LogP contribution is 2.25. The zero-order valence-electron chi connectivity index (χ0n) is 11.2. The van der Waals surface area contributed by atoms with Crippen LogP contribution in [0.25, 0.3) is 0 Å². The van der Waals surface area contributed by atoms with Crippen molar-refractivity contribution in [3.8, 4) is 0 Å². The van der Waals surface area contributed by atoms with Gasteiger partial charge in [0.1, 0.15) is 11.9 Å². The molecule has 102 valence electrons. The average molecular weight is 253 g/mol. The van der Waals surface area contributed by atoms with Crippen molar-refractivity contribution in [3.63, 3.8) is 0 Å². The van der Waals surface area contributed by atoms with Crippen LogP contribution in [0.1, 0.15) is 45.4 Å². The third kappa shape index (κ3) is 4.09. The topological polar surface area (TPSA) is 46.6 Å². The van der Waals surface area contributed by atoms with Crippen LogP contribution < -0.4 is 0 Å². The van der Waals surface area contributed by atoms with E-state index in [0.717, 1.165) is 31.6 Å². The number of Topliss-reactive ketones (excluding diaryl/α,β-unsaturated/α-hetero) is 1. The molecule has 0 aromatic carbocycles. The largest absolute Gasteiger partial charge is 0.461 e. The second-order valence-electron chi connectivity index (χ2n) is 5.69. The smallest absolute Gasteiger partial charge is 0.320 e. The van der Waals surface area contributed by atoms with Crippen molar-refractivity contribution < 1.29 is 14.3 Å². The van der Waals surface area contributed by atoms with Gasteiger partial charge in [-0.05, 0) is 31.6 Å². The monoisotopic (exact) mass is 253 g/mol. The van der Waals surface area contributed by atoms with E-state index in [2.05, 4.69) is 6.92 Å². The number of ether oxygens (including phenoxy) is 1. The summed E-state index contributed by atoms with van der Waals surface area (Å²) >= 11 is 0. The maximum Gasteiger partial charge on any atom is 0.320 e. The number of nitrogens with zero attached hydrogens (tertiary/aromatic N) is 1. The molecule has 1 aliphatic carbocycles. The third-order valence-electron chi connectivity index (χ3n) is 4.03. The van der Waals surface area contributed by atoms with Gasteiger partial charge in [-0.1, -0.05) is 6.92 Å². The molecule has 0 spiro atoms. The van der Waals surface area contributed by atoms with Gasteiger partial charge in [-0.15, -0.1) is 0 Å². The van der Waals surface area contributed by atoms with Crippen LogP contribution in [0.15, 0.2) is 0 Å². The maximum absolute atomic E-state index is 11.8. The first-order valence-corrected chi connectivity index (χ1v) is 7.07. The fraction of sp³-hybridized carbons (Fsp3) is 0.857. The van der Waals surface area contributed by atoms with Crippen LogP contribution in [0.3, 0.4) is 0 Å². The van der Waals surface area contributed by atoms with Gasteiger partial charge in [0, 0.05) is 25.9 Å². The Hall–Kier alpha value is -0.900. The van der Waals surface area contributed by atoms with Gasteiger partial charge in [-0.3, -0.25) is 14.5 Å². The highest BCUT2D eigenvalue weighted by Gasteiger charge is 2.23. The number of ketones is 1. The quantitative estimate of drug-likeness (QED) is 0.719. The van der Waals surface area contributed by atoms with Gasteiger partial charge in [0.05, 0.1) is 6.54 Å². The van der Waals surface area contributed by atoms with Crippen molar-refractivity contribution in [2.75, 3.05) is 19.6 Å². The Labute approximate surface area is 109 Å². The average Bonchev–Trinajstić information content (AvgIpc) is 2.35. The molecule has 0 aromatic rings. The predicted octanol–water partition coefficient (Wildman–Crippen LogP) is 1.77. The summed E-state index contributed by atoms with van der Waals surface area (Å²) < 4.78 is 5.50. The third-order valence-corrected chi connectivity index (χ3v) is 4.03. The fourth-order valence-corrected chi connectivity index (χ4v) is 2.71. The van der Waals surface area contributed by atoms with Gasteiger partial charge in [-0.25, -0.2) is 0 Å². The highest BCUT2D eigenvalue weighted by atomic mass is 16.5. The Morgan fingerprint density at radius 2 is 1.83 bits per heavy atom. The molecular formula is C14H23NO3. The van der Waals surface area contributed by atoms with Gasteiger partial charge in [-0.2, -0.15) is 0 Å². The van der Waals surface area contributed by atoms with Crippen LogP contribution in [0.2, 0.25) is 0 Å². The van der Waals surface area contributed by atoms with Crippen molar-refractivity contribution in [1.29, 1.82) is 0 Å². The summed E-state index contributed by atoms with van der Waals surface area (Å²) in [4.78, 5) is 24.9. The summed E-state index contributed by atoms with van der Waals surface area (Å²) in [6.07, 6.45) is 5.62. The van der Waals surface area contributed by atoms with Gasteiger partial charge in [0.25, 0.3) is 0 Å². The first-order valence-electron chi connectivity index (χ1n) is 7.07. The van der Waals surface area contributed by atoms with E-state index in [1.54, 1.807) is 0 Å². The second kappa shape index (κ2) is 6.32. The minimum Gasteiger partial charge on any atom is -0.461 e. The first kappa shape index (κ1) is 13.5. The van der Waals surface area contributed by atoms with Crippen molar-refractivity contribution in [2.45, 2.75) is 51.6 Å². The number of hydrogen-bond acceptors (Lipinski definition) is 4. The molecule has 2 rings (SSSR count). The van der Waals surface area contributed by atoms with Crippen LogP contribution in [-0.4, -0.2) is 42.4 Å². The lowest BCUT2D eigenvalue weighted by Gasteiger charge is -2.28. The van der Waals surface area contributed by atoms with Crippen molar-refractivity contribution in [3.05, 3.63) is 0 Å². The van der Waals surface area contributed by atoms with E-state index in [0.29, 0.717) is 38.3 Å². The SMILES string of the molecule is CC1CCC(OC(=O)CN2CCC(=O)CC2)CC1. The molecule has 1 heterocycles. The Morgan fingerprint density at radius 1 is 1.22 bits per heavy atom. The van der Waals surface area contributed by atoms with Crippen molar-refractivity contribution >= 4 is 11.8 Å². The molecule has 0 unspecified atom stereocenters. The minimum absolute atomic E-state index is 0.121. The van der Waals surface area contributed by atoms with E-state index in [-0.39, 0.29) is 12.1 Å². The molecule has 1 saturated carbocycles. The molecule has 0 N–H and O–H groups in total. The predicted molar refractivity (Wildman–Crippen MR) is 68.2 cm³/mol. The van der Waals surface area contributed by atoms with Crippen molar-refractivity contribution in [1.82, 2.24) is 4.90 Å². The van der Waals surface area contributed by atoms with Crippen LogP contribution in [-0.2, 0) is 14.3 Å². The Kier molecular flexibility index (Phi) is 4.75. The number of esters is 1. The van der Waals surface area contributed by atoms with Crippen LogP contribution >= 0.6 is 0 Å². The van der Waals surface area contributed by atoms with Crippen LogP contribution in [0.4, 0.5) is 0 Å². The summed E-state index contributed by atoms with van der Waals surface area (Å²) in [6, 6.07) is 0. The van der Waals surface area contributed by atoms with E-state index >= 15 is 0 Å². The first-order chi connectivity index (χ1) is 8.63. The normalized spacial score (nSPS) is 30.2. The highest BCUT2D eigenvalue weighted by molar-refractivity contribution is 5.80. The van der Waals surface area contributed by atoms with Crippen LogP contribution in [0.5, 0.6) is 0 Å². The van der Waals surface area contributed by atoms with Gasteiger partial charge in [0.15, 0.2) is 0 Å². The maximum atomic E-state index is 11.8. The lowest BCUT2D eigenvalue weighted by molar-refractivity contribution is -0.153. The van der Waals surface area contributed by atoms with Gasteiger partial charge < -0.3 is 4.74 Å². The summed E-state index contributed by atoms with van der Waals surface area (Å²) in [5.74, 6) is 0.956. The van der Waals surface area contributed by atoms with Crippen LogP contribution in [0, 0.1) is 5.92 Å². The molecule has 2 fully saturated rings. The molecule has 0 radical (unpaired) electrons. The number of carbonyl (C=O) groups is 2. The number of hydrogen-bond donors (Lipinski definition) is 0. The molecule has 4 nitrogen and oxygen atoms in total. The molecule has 0 atom stereocenters. The second-order valence-corrected chi connectivity index (χ2v) is 5.69. The lowest BCUT2D eigenvalue weighted by Crippen LogP contribution is -2.39. The molecule has 18 heavy (non-hydrogen) atoms. The van der Waals surface area contributed by atoms with E-state index in [9.17, 15) is 9.59 Å².